The Hall–Kier alpha value is -3.43. The number of hydrogen-bond acceptors (Lipinski definition) is 5. The molecule has 0 radical (unpaired) electrons. The van der Waals surface area contributed by atoms with Gasteiger partial charge in [-0.05, 0) is 49.0 Å². The lowest BCUT2D eigenvalue weighted by atomic mass is 10.1. The Bertz CT molecular complexity index is 1360. The maximum atomic E-state index is 13.4. The van der Waals surface area contributed by atoms with Crippen LogP contribution < -0.4 is 5.32 Å². The number of fused-ring (bicyclic) bond motifs is 1. The van der Waals surface area contributed by atoms with Crippen molar-refractivity contribution in [2.24, 2.45) is 17.8 Å². The van der Waals surface area contributed by atoms with E-state index >= 15 is 0 Å². The zero-order valence-corrected chi connectivity index (χ0v) is 21.4. The van der Waals surface area contributed by atoms with Crippen LogP contribution in [-0.4, -0.2) is 67.8 Å². The first-order valence-electron chi connectivity index (χ1n) is 12.0. The molecule has 1 saturated carbocycles. The van der Waals surface area contributed by atoms with E-state index in [0.29, 0.717) is 12.1 Å². The van der Waals surface area contributed by atoms with E-state index in [1.54, 1.807) is 13.0 Å². The van der Waals surface area contributed by atoms with E-state index in [1.807, 2.05) is 6.07 Å². The summed E-state index contributed by atoms with van der Waals surface area (Å²) in [6, 6.07) is 6.89. The lowest BCUT2D eigenvalue weighted by Gasteiger charge is -2.34. The number of amides is 2. The molecule has 38 heavy (non-hydrogen) atoms. The highest BCUT2D eigenvalue weighted by Gasteiger charge is 2.56. The molecule has 2 aliphatic heterocycles. The summed E-state index contributed by atoms with van der Waals surface area (Å²) in [6.07, 6.45) is -0.120. The Labute approximate surface area is 219 Å². The highest BCUT2D eigenvalue weighted by molar-refractivity contribution is 7.89. The van der Waals surface area contributed by atoms with E-state index in [2.05, 4.69) is 11.9 Å². The molecule has 1 aromatic carbocycles. The number of nitrogens with one attached hydrogen (secondary N) is 1. The first-order chi connectivity index (χ1) is 17.9. The number of piperidine rings is 1. The summed E-state index contributed by atoms with van der Waals surface area (Å²) in [5.41, 5.74) is -0.445. The maximum Gasteiger partial charge on any atom is 0.415 e. The summed E-state index contributed by atoms with van der Waals surface area (Å²) in [6.45, 7) is 5.15. The van der Waals surface area contributed by atoms with Gasteiger partial charge in [0.05, 0.1) is 16.9 Å². The number of carbonyl (C=O) groups excluding carboxylic acids is 2. The van der Waals surface area contributed by atoms with E-state index in [1.165, 1.54) is 39.5 Å². The molecule has 3 atom stereocenters. The molecule has 8 nitrogen and oxygen atoms in total. The van der Waals surface area contributed by atoms with Gasteiger partial charge in [-0.25, -0.2) is 8.42 Å². The largest absolute Gasteiger partial charge is 0.415 e. The summed E-state index contributed by atoms with van der Waals surface area (Å²) < 4.78 is 65.0. The van der Waals surface area contributed by atoms with Crippen LogP contribution >= 0.6 is 0 Å². The predicted molar refractivity (Wildman–Crippen MR) is 132 cm³/mol. The van der Waals surface area contributed by atoms with Gasteiger partial charge in [0, 0.05) is 37.3 Å². The Morgan fingerprint density at radius 2 is 1.95 bits per heavy atom. The van der Waals surface area contributed by atoms with Gasteiger partial charge in [-0.3, -0.25) is 9.59 Å². The molecule has 3 fully saturated rings. The second-order valence-corrected chi connectivity index (χ2v) is 11.6. The molecule has 0 spiro atoms. The number of rotatable bonds is 8. The lowest BCUT2D eigenvalue weighted by molar-refractivity contribution is -0.125. The number of halogens is 3. The minimum atomic E-state index is -4.55. The SMILES string of the molecule is C=C(/C=C\C(=C/C)CNC(=O)[C@H]1[C@@H]2C[C@@H]2CN1C(=O)c1cccc(S(=O)(=O)N2CC(C#N)C2)c1)C(F)(F)F. The highest BCUT2D eigenvalue weighted by atomic mass is 32.2. The van der Waals surface area contributed by atoms with E-state index < -0.39 is 39.6 Å². The van der Waals surface area contributed by atoms with E-state index in [9.17, 15) is 31.2 Å². The fourth-order valence-electron chi connectivity index (χ4n) is 4.68. The topological polar surface area (TPSA) is 111 Å². The minimum Gasteiger partial charge on any atom is -0.350 e. The van der Waals surface area contributed by atoms with Crippen molar-refractivity contribution in [2.75, 3.05) is 26.2 Å². The van der Waals surface area contributed by atoms with Crippen LogP contribution in [0.5, 0.6) is 0 Å². The third kappa shape index (κ3) is 5.54. The van der Waals surface area contributed by atoms with Crippen LogP contribution in [-0.2, 0) is 14.8 Å². The Morgan fingerprint density at radius 3 is 2.58 bits per heavy atom. The molecule has 2 amide bonds. The van der Waals surface area contributed by atoms with Crippen molar-refractivity contribution in [1.29, 1.82) is 5.26 Å². The van der Waals surface area contributed by atoms with Gasteiger partial charge in [-0.15, -0.1) is 0 Å². The molecule has 0 bridgehead atoms. The summed E-state index contributed by atoms with van der Waals surface area (Å²) in [5, 5.41) is 11.6. The van der Waals surface area contributed by atoms with Crippen molar-refractivity contribution >= 4 is 21.8 Å². The molecule has 202 valence electrons. The lowest BCUT2D eigenvalue weighted by Crippen LogP contribution is -2.49. The van der Waals surface area contributed by atoms with Gasteiger partial charge < -0.3 is 10.2 Å². The van der Waals surface area contributed by atoms with Crippen LogP contribution in [0.4, 0.5) is 13.2 Å². The number of allylic oxidation sites excluding steroid dienone is 3. The molecule has 12 heteroatoms. The Kier molecular flexibility index (Phi) is 7.54. The van der Waals surface area contributed by atoms with Crippen molar-refractivity contribution in [2.45, 2.75) is 30.5 Å². The number of alkyl halides is 3. The first kappa shape index (κ1) is 27.6. The number of nitriles is 1. The fraction of sp³-hybridized carbons (Fsp3) is 0.423. The quantitative estimate of drug-likeness (QED) is 0.502. The average molecular weight is 549 g/mol. The van der Waals surface area contributed by atoms with E-state index in [0.717, 1.165) is 12.5 Å². The molecule has 3 aliphatic rings. The summed E-state index contributed by atoms with van der Waals surface area (Å²) >= 11 is 0. The van der Waals surface area contributed by atoms with Crippen LogP contribution in [0.3, 0.4) is 0 Å². The van der Waals surface area contributed by atoms with E-state index in [-0.39, 0.29) is 47.8 Å². The smallest absolute Gasteiger partial charge is 0.350 e. The zero-order valence-electron chi connectivity index (χ0n) is 20.6. The molecular weight excluding hydrogens is 521 g/mol. The van der Waals surface area contributed by atoms with Gasteiger partial charge in [0.1, 0.15) is 6.04 Å². The van der Waals surface area contributed by atoms with Crippen molar-refractivity contribution < 1.29 is 31.2 Å². The molecule has 2 heterocycles. The van der Waals surface area contributed by atoms with Gasteiger partial charge in [0.2, 0.25) is 15.9 Å². The van der Waals surface area contributed by atoms with Gasteiger partial charge in [-0.2, -0.15) is 22.7 Å². The Morgan fingerprint density at radius 1 is 1.24 bits per heavy atom. The van der Waals surface area contributed by atoms with Crippen LogP contribution in [0.15, 0.2) is 65.1 Å². The second-order valence-electron chi connectivity index (χ2n) is 9.68. The van der Waals surface area contributed by atoms with E-state index in [4.69, 9.17) is 5.26 Å². The maximum absolute atomic E-state index is 13.4. The standard InChI is InChI=1S/C26H27F3N4O4S/c1-3-17(8-7-16(2)26(27,28)29)12-31-24(34)23-22-10-20(22)15-33(23)25(35)19-5-4-6-21(9-19)38(36,37)32-13-18(11-30)14-32/h3-9,18,20,22-23H,2,10,12-15H2,1H3,(H,31,34)/b8-7-,17-3+/t20-,22-,23-/m1/s1. The van der Waals surface area contributed by atoms with Gasteiger partial charge >= 0.3 is 6.18 Å². The predicted octanol–water partition coefficient (Wildman–Crippen LogP) is 3.03. The van der Waals surface area contributed by atoms with Crippen LogP contribution in [0.1, 0.15) is 23.7 Å². The molecule has 2 saturated heterocycles. The third-order valence-corrected chi connectivity index (χ3v) is 8.96. The monoisotopic (exact) mass is 548 g/mol. The number of nitrogens with zero attached hydrogens (tertiary/aromatic N) is 3. The second kappa shape index (κ2) is 10.4. The number of hydrogen-bond donors (Lipinski definition) is 1. The number of likely N-dealkylation sites (tertiary alicyclic amines) is 1. The number of sulfonamides is 1. The first-order valence-corrected chi connectivity index (χ1v) is 13.5. The van der Waals surface area contributed by atoms with Gasteiger partial charge in [0.15, 0.2) is 0 Å². The molecule has 0 aromatic heterocycles. The van der Waals surface area contributed by atoms with Crippen LogP contribution in [0.2, 0.25) is 0 Å². The molecule has 1 N–H and O–H groups in total. The number of benzene rings is 1. The van der Waals surface area contributed by atoms with Crippen molar-refractivity contribution in [3.8, 4) is 6.07 Å². The fourth-order valence-corrected chi connectivity index (χ4v) is 6.26. The average Bonchev–Trinajstić information content (AvgIpc) is 3.51. The molecule has 0 unspecified atom stereocenters. The minimum absolute atomic E-state index is 0.0236. The summed E-state index contributed by atoms with van der Waals surface area (Å²) in [5.74, 6) is -1.10. The van der Waals surface area contributed by atoms with Crippen LogP contribution in [0, 0.1) is 29.1 Å². The molecule has 4 rings (SSSR count). The summed E-state index contributed by atoms with van der Waals surface area (Å²) in [4.78, 5) is 27.8. The molecule has 1 aliphatic carbocycles. The van der Waals surface area contributed by atoms with Crippen molar-refractivity contribution in [3.63, 3.8) is 0 Å². The normalized spacial score (nSPS) is 24.0. The third-order valence-electron chi connectivity index (χ3n) is 7.13. The van der Waals surface area contributed by atoms with Gasteiger partial charge in [0.25, 0.3) is 5.91 Å². The summed E-state index contributed by atoms with van der Waals surface area (Å²) in [7, 11) is -3.86. The zero-order chi connectivity index (χ0) is 27.8. The number of carbonyl (C=O) groups is 2. The van der Waals surface area contributed by atoms with Crippen LogP contribution in [0.25, 0.3) is 0 Å². The Balaban J connectivity index is 1.44. The highest BCUT2D eigenvalue weighted by Crippen LogP contribution is 2.50. The molecular formula is C26H27F3N4O4S. The molecule has 1 aromatic rings. The van der Waals surface area contributed by atoms with Crippen molar-refractivity contribution in [1.82, 2.24) is 14.5 Å². The van der Waals surface area contributed by atoms with Crippen molar-refractivity contribution in [3.05, 3.63) is 65.8 Å². The van der Waals surface area contributed by atoms with Gasteiger partial charge in [-0.1, -0.05) is 30.9 Å².